The zero-order chi connectivity index (χ0) is 19.1. The number of nitrogens with zero attached hydrogens (tertiary/aromatic N) is 2. The first kappa shape index (κ1) is 19.4. The lowest BCUT2D eigenvalue weighted by atomic mass is 9.97. The third-order valence-corrected chi connectivity index (χ3v) is 6.05. The van der Waals surface area contributed by atoms with Gasteiger partial charge in [-0.25, -0.2) is 8.42 Å². The number of benzene rings is 1. The van der Waals surface area contributed by atoms with Gasteiger partial charge in [0.1, 0.15) is 5.82 Å². The van der Waals surface area contributed by atoms with E-state index in [2.05, 4.69) is 26.3 Å². The number of nitrogens with one attached hydrogen (secondary N) is 2. The lowest BCUT2D eigenvalue weighted by Crippen LogP contribution is -2.14. The molecule has 0 unspecified atom stereocenters. The van der Waals surface area contributed by atoms with Crippen LogP contribution in [-0.2, 0) is 16.4 Å². The van der Waals surface area contributed by atoms with Crippen LogP contribution in [0, 0.1) is 0 Å². The van der Waals surface area contributed by atoms with Gasteiger partial charge in [-0.1, -0.05) is 30.7 Å². The molecule has 0 saturated carbocycles. The van der Waals surface area contributed by atoms with Crippen molar-refractivity contribution in [3.63, 3.8) is 0 Å². The summed E-state index contributed by atoms with van der Waals surface area (Å²) >= 11 is 0. The Morgan fingerprint density at radius 1 is 1.00 bits per heavy atom. The molecule has 0 amide bonds. The third-order valence-electron chi connectivity index (χ3n) is 4.68. The van der Waals surface area contributed by atoms with E-state index < -0.39 is 10.0 Å². The second-order valence-electron chi connectivity index (χ2n) is 6.69. The molecule has 0 radical (unpaired) electrons. The lowest BCUT2D eigenvalue weighted by molar-refractivity contribution is 0.601. The van der Waals surface area contributed by atoms with Crippen molar-refractivity contribution < 1.29 is 8.42 Å². The Labute approximate surface area is 161 Å². The first-order valence-electron chi connectivity index (χ1n) is 9.44. The minimum absolute atomic E-state index is 0.204. The molecule has 2 N–H and O–H groups in total. The normalized spacial score (nSPS) is 14.5. The predicted molar refractivity (Wildman–Crippen MR) is 108 cm³/mol. The van der Waals surface area contributed by atoms with E-state index in [9.17, 15) is 8.42 Å². The maximum atomic E-state index is 12.4. The molecule has 1 aliphatic rings. The van der Waals surface area contributed by atoms with Gasteiger partial charge in [-0.3, -0.25) is 4.72 Å². The Hall–Kier alpha value is -2.41. The number of hydrogen-bond donors (Lipinski definition) is 2. The van der Waals surface area contributed by atoms with Gasteiger partial charge in [-0.2, -0.15) is 0 Å². The lowest BCUT2D eigenvalue weighted by Gasteiger charge is -2.13. The number of aryl methyl sites for hydroxylation is 1. The molecule has 27 heavy (non-hydrogen) atoms. The average molecular weight is 387 g/mol. The zero-order valence-corrected chi connectivity index (χ0v) is 16.4. The summed E-state index contributed by atoms with van der Waals surface area (Å²) in [4.78, 5) is 0.212. The number of hydrogen-bond acceptors (Lipinski definition) is 5. The van der Waals surface area contributed by atoms with E-state index in [1.807, 2.05) is 19.1 Å². The largest absolute Gasteiger partial charge is 0.368 e. The van der Waals surface area contributed by atoms with Crippen LogP contribution in [0.3, 0.4) is 0 Å². The van der Waals surface area contributed by atoms with Crippen molar-refractivity contribution in [2.24, 2.45) is 0 Å². The van der Waals surface area contributed by atoms with Crippen LogP contribution in [0.25, 0.3) is 0 Å². The van der Waals surface area contributed by atoms with Crippen molar-refractivity contribution in [2.75, 3.05) is 16.6 Å². The number of anilines is 2. The Kier molecular flexibility index (Phi) is 6.45. The molecule has 6 nitrogen and oxygen atoms in total. The van der Waals surface area contributed by atoms with Gasteiger partial charge >= 0.3 is 0 Å². The summed E-state index contributed by atoms with van der Waals surface area (Å²) < 4.78 is 27.3. The fourth-order valence-corrected chi connectivity index (χ4v) is 4.06. The summed E-state index contributed by atoms with van der Waals surface area (Å²) in [5.74, 6) is 0.844. The van der Waals surface area contributed by atoms with Gasteiger partial charge in [-0.15, -0.1) is 10.2 Å². The zero-order valence-electron chi connectivity index (χ0n) is 15.6. The van der Waals surface area contributed by atoms with Crippen molar-refractivity contribution in [3.8, 4) is 0 Å². The van der Waals surface area contributed by atoms with Crippen LogP contribution in [0.1, 0.15) is 44.6 Å². The Bertz CT molecular complexity index is 875. The standard InChI is InChI=1S/C20H26N4O2S/c1-2-16-8-10-18(11-9-16)27(25,26)24-20-13-12-19(22-23-20)21-15-14-17-6-4-3-5-7-17/h6,8-13H,2-5,7,14-15H2,1H3,(H,21,22)(H,23,24). The maximum absolute atomic E-state index is 12.4. The summed E-state index contributed by atoms with van der Waals surface area (Å²) in [6.07, 6.45) is 9.15. The van der Waals surface area contributed by atoms with E-state index in [-0.39, 0.29) is 10.7 Å². The third kappa shape index (κ3) is 5.53. The van der Waals surface area contributed by atoms with Crippen molar-refractivity contribution in [2.45, 2.75) is 50.3 Å². The molecule has 2 aromatic rings. The minimum atomic E-state index is -3.66. The van der Waals surface area contributed by atoms with E-state index in [1.54, 1.807) is 24.3 Å². The predicted octanol–water partition coefficient (Wildman–Crippen LogP) is 4.14. The molecule has 1 aromatic heterocycles. The molecular formula is C20H26N4O2S. The van der Waals surface area contributed by atoms with Gasteiger partial charge in [0.25, 0.3) is 10.0 Å². The molecule has 1 aromatic carbocycles. The van der Waals surface area contributed by atoms with Crippen molar-refractivity contribution in [3.05, 3.63) is 53.6 Å². The Balaban J connectivity index is 1.55. The topological polar surface area (TPSA) is 84.0 Å². The molecule has 0 atom stereocenters. The highest BCUT2D eigenvalue weighted by molar-refractivity contribution is 7.92. The Morgan fingerprint density at radius 3 is 2.37 bits per heavy atom. The van der Waals surface area contributed by atoms with E-state index in [1.165, 1.54) is 31.3 Å². The molecule has 7 heteroatoms. The molecule has 1 heterocycles. The second-order valence-corrected chi connectivity index (χ2v) is 8.37. The molecular weight excluding hydrogens is 360 g/mol. The van der Waals surface area contributed by atoms with Crippen LogP contribution in [0.4, 0.5) is 11.6 Å². The van der Waals surface area contributed by atoms with Crippen LogP contribution in [0.2, 0.25) is 0 Å². The molecule has 0 fully saturated rings. The van der Waals surface area contributed by atoms with Crippen molar-refractivity contribution in [1.29, 1.82) is 0 Å². The smallest absolute Gasteiger partial charge is 0.263 e. The SMILES string of the molecule is CCc1ccc(S(=O)(=O)Nc2ccc(NCCC3=CCCCC3)nn2)cc1. The van der Waals surface area contributed by atoms with Gasteiger partial charge in [-0.05, 0) is 68.4 Å². The molecule has 0 aliphatic heterocycles. The van der Waals surface area contributed by atoms with Gasteiger partial charge in [0.05, 0.1) is 4.90 Å². The van der Waals surface area contributed by atoms with Crippen molar-refractivity contribution >= 4 is 21.7 Å². The summed E-state index contributed by atoms with van der Waals surface area (Å²) in [7, 11) is -3.66. The van der Waals surface area contributed by atoms with Gasteiger partial charge in [0, 0.05) is 6.54 Å². The van der Waals surface area contributed by atoms with E-state index >= 15 is 0 Å². The summed E-state index contributed by atoms with van der Waals surface area (Å²) in [5.41, 5.74) is 2.59. The first-order valence-corrected chi connectivity index (χ1v) is 10.9. The monoisotopic (exact) mass is 386 g/mol. The van der Waals surface area contributed by atoms with Crippen LogP contribution in [0.15, 0.2) is 52.9 Å². The average Bonchev–Trinajstić information content (AvgIpc) is 2.70. The van der Waals surface area contributed by atoms with Crippen LogP contribution >= 0.6 is 0 Å². The van der Waals surface area contributed by atoms with E-state index in [4.69, 9.17) is 0 Å². The molecule has 0 bridgehead atoms. The minimum Gasteiger partial charge on any atom is -0.368 e. The van der Waals surface area contributed by atoms with Crippen LogP contribution < -0.4 is 10.0 Å². The number of rotatable bonds is 8. The first-order chi connectivity index (χ1) is 13.1. The van der Waals surface area contributed by atoms with Crippen LogP contribution in [-0.4, -0.2) is 25.2 Å². The second kappa shape index (κ2) is 8.99. The molecule has 144 valence electrons. The quantitative estimate of drug-likeness (QED) is 0.666. The fraction of sp³-hybridized carbons (Fsp3) is 0.400. The fourth-order valence-electron chi connectivity index (χ4n) is 3.06. The van der Waals surface area contributed by atoms with Gasteiger partial charge < -0.3 is 5.32 Å². The maximum Gasteiger partial charge on any atom is 0.263 e. The summed E-state index contributed by atoms with van der Waals surface area (Å²) in [5, 5.41) is 11.3. The highest BCUT2D eigenvalue weighted by atomic mass is 32.2. The highest BCUT2D eigenvalue weighted by Gasteiger charge is 2.15. The molecule has 1 aliphatic carbocycles. The molecule has 3 rings (SSSR count). The molecule has 0 spiro atoms. The van der Waals surface area contributed by atoms with Gasteiger partial charge in [0.15, 0.2) is 5.82 Å². The number of allylic oxidation sites excluding steroid dienone is 1. The van der Waals surface area contributed by atoms with Gasteiger partial charge in [0.2, 0.25) is 0 Å². The number of sulfonamides is 1. The summed E-state index contributed by atoms with van der Waals surface area (Å²) in [6, 6.07) is 10.2. The van der Waals surface area contributed by atoms with Crippen molar-refractivity contribution in [1.82, 2.24) is 10.2 Å². The highest BCUT2D eigenvalue weighted by Crippen LogP contribution is 2.20. The molecule has 0 saturated heterocycles. The van der Waals surface area contributed by atoms with E-state index in [0.29, 0.717) is 5.82 Å². The van der Waals surface area contributed by atoms with E-state index in [0.717, 1.165) is 24.9 Å². The summed E-state index contributed by atoms with van der Waals surface area (Å²) in [6.45, 7) is 2.83. The van der Waals surface area contributed by atoms with Crippen LogP contribution in [0.5, 0.6) is 0 Å². The number of aromatic nitrogens is 2. The Morgan fingerprint density at radius 2 is 1.74 bits per heavy atom.